The minimum absolute atomic E-state index is 0.0840. The van der Waals surface area contributed by atoms with Gasteiger partial charge < -0.3 is 0 Å². The first-order valence-electron chi connectivity index (χ1n) is 32.2. The first-order valence-corrected chi connectivity index (χ1v) is 32.2. The zero-order valence-corrected chi connectivity index (χ0v) is 49.5. The lowest BCUT2D eigenvalue weighted by Gasteiger charge is -2.34. The van der Waals surface area contributed by atoms with Gasteiger partial charge in [-0.15, -0.1) is 0 Å². The molecule has 0 radical (unpaired) electrons. The lowest BCUT2D eigenvalue weighted by Crippen LogP contribution is -2.58. The highest BCUT2D eigenvalue weighted by Crippen LogP contribution is 2.55. The zero-order valence-electron chi connectivity index (χ0n) is 49.5. The predicted molar refractivity (Wildman–Crippen MR) is 373 cm³/mol. The van der Waals surface area contributed by atoms with Crippen LogP contribution in [0, 0.1) is 5.92 Å². The number of fused-ring (bicyclic) bond motifs is 23. The molecule has 0 spiro atoms. The molecule has 1 unspecified atom stereocenters. The fourth-order valence-corrected chi connectivity index (χ4v) is 18.7. The van der Waals surface area contributed by atoms with E-state index in [1.54, 1.807) is 0 Å². The number of hydrogen-bond acceptors (Lipinski definition) is 0. The zero-order chi connectivity index (χ0) is 57.6. The van der Waals surface area contributed by atoms with Crippen molar-refractivity contribution in [2.24, 2.45) is 5.92 Å². The Labute approximate surface area is 510 Å². The van der Waals surface area contributed by atoms with Gasteiger partial charge in [-0.25, -0.2) is 0 Å². The molecule has 88 heavy (non-hydrogen) atoms. The summed E-state index contributed by atoms with van der Waals surface area (Å²) in [5.74, 6) is 0.583. The number of para-hydroxylation sites is 6. The summed E-state index contributed by atoms with van der Waals surface area (Å²) in [5, 5.41) is 8.04. The fourth-order valence-electron chi connectivity index (χ4n) is 18.7. The Hall–Kier alpha value is -10.0. The quantitative estimate of drug-likeness (QED) is 0.135. The van der Waals surface area contributed by atoms with Crippen molar-refractivity contribution in [1.29, 1.82) is 0 Å². The number of nitrogens with zero attached hydrogens (tertiary/aromatic N) is 4. The van der Waals surface area contributed by atoms with E-state index in [1.807, 2.05) is 0 Å². The van der Waals surface area contributed by atoms with Crippen molar-refractivity contribution in [3.63, 3.8) is 0 Å². The van der Waals surface area contributed by atoms with Crippen LogP contribution >= 0.6 is 0 Å². The van der Waals surface area contributed by atoms with Crippen LogP contribution in [0.25, 0.3) is 144 Å². The summed E-state index contributed by atoms with van der Waals surface area (Å²) in [6.45, 7) is 7.57. The Morgan fingerprint density at radius 2 is 0.830 bits per heavy atom. The Kier molecular flexibility index (Phi) is 9.26. The van der Waals surface area contributed by atoms with Gasteiger partial charge >= 0.3 is 0 Å². The van der Waals surface area contributed by atoms with E-state index in [9.17, 15) is 0 Å². The average Bonchev–Trinajstić information content (AvgIpc) is 1.45. The Bertz CT molecular complexity index is 5520. The van der Waals surface area contributed by atoms with E-state index in [0.717, 1.165) is 12.8 Å². The summed E-state index contributed by atoms with van der Waals surface area (Å²) >= 11 is 0. The monoisotopic (exact) mass is 1120 g/mol. The summed E-state index contributed by atoms with van der Waals surface area (Å²) < 4.78 is 10.4. The maximum Gasteiger partial charge on any atom is 0.251 e. The van der Waals surface area contributed by atoms with Gasteiger partial charge in [0.15, 0.2) is 0 Å². The fraction of sp³-hybridized carbons (Fsp3) is 0.122. The third-order valence-corrected chi connectivity index (χ3v) is 22.4. The molecule has 5 aliphatic rings. The minimum Gasteiger partial charge on any atom is -0.295 e. The average molecular weight is 1120 g/mol. The van der Waals surface area contributed by atoms with Crippen LogP contribution in [0.4, 0.5) is 0 Å². The first kappa shape index (κ1) is 48.1. The van der Waals surface area contributed by atoms with Crippen molar-refractivity contribution in [2.75, 3.05) is 0 Å². The van der Waals surface area contributed by atoms with Crippen LogP contribution in [0.1, 0.15) is 64.0 Å². The van der Waals surface area contributed by atoms with E-state index in [-0.39, 0.29) is 18.8 Å². The second-order valence-corrected chi connectivity index (χ2v) is 26.6. The highest BCUT2D eigenvalue weighted by molar-refractivity contribution is 7.03. The molecule has 412 valence electrons. The van der Waals surface area contributed by atoms with E-state index in [0.29, 0.717) is 5.92 Å². The van der Waals surface area contributed by atoms with E-state index in [4.69, 9.17) is 0 Å². The van der Waals surface area contributed by atoms with Gasteiger partial charge in [0.1, 0.15) is 11.3 Å². The summed E-state index contributed by atoms with van der Waals surface area (Å²) in [7, 11) is 0. The van der Waals surface area contributed by atoms with Gasteiger partial charge in [0.05, 0.1) is 33.1 Å². The predicted octanol–water partition coefficient (Wildman–Crippen LogP) is 16.5. The molecule has 12 aromatic carbocycles. The van der Waals surface area contributed by atoms with Crippen molar-refractivity contribution in [2.45, 2.75) is 58.3 Å². The number of benzene rings is 12. The molecular formula is C82H58B2N4. The molecule has 0 fully saturated rings. The van der Waals surface area contributed by atoms with Crippen LogP contribution < -0.4 is 32.8 Å². The minimum atomic E-state index is -0.241. The van der Waals surface area contributed by atoms with Crippen molar-refractivity contribution >= 4 is 123 Å². The van der Waals surface area contributed by atoms with Gasteiger partial charge in [-0.2, -0.15) is 0 Å². The molecule has 0 saturated carbocycles. The van der Waals surface area contributed by atoms with Crippen LogP contribution in [-0.2, 0) is 5.41 Å². The summed E-state index contributed by atoms with van der Waals surface area (Å²) in [6.07, 6.45) is 5.96. The van der Waals surface area contributed by atoms with Crippen LogP contribution in [-0.4, -0.2) is 31.4 Å². The highest BCUT2D eigenvalue weighted by Gasteiger charge is 2.46. The molecule has 4 aliphatic heterocycles. The van der Waals surface area contributed by atoms with Crippen LogP contribution in [0.5, 0.6) is 0 Å². The van der Waals surface area contributed by atoms with E-state index < -0.39 is 0 Å². The molecule has 4 nitrogen and oxygen atoms in total. The number of hydrogen-bond donors (Lipinski definition) is 0. The molecule has 0 saturated heterocycles. The maximum absolute atomic E-state index is 2.64. The number of aromatic nitrogens is 4. The molecule has 0 amide bonds. The molecule has 1 aliphatic carbocycles. The van der Waals surface area contributed by atoms with Crippen molar-refractivity contribution in [3.05, 3.63) is 242 Å². The molecule has 4 aromatic heterocycles. The summed E-state index contributed by atoms with van der Waals surface area (Å²) in [6, 6.07) is 89.9. The Balaban J connectivity index is 0.786. The van der Waals surface area contributed by atoms with Gasteiger partial charge in [-0.05, 0) is 206 Å². The van der Waals surface area contributed by atoms with Crippen molar-refractivity contribution < 1.29 is 0 Å². The van der Waals surface area contributed by atoms with Crippen LogP contribution in [0.15, 0.2) is 231 Å². The number of imidazole rings is 2. The third kappa shape index (κ3) is 5.82. The first-order chi connectivity index (χ1) is 43.5. The van der Waals surface area contributed by atoms with E-state index in [2.05, 4.69) is 269 Å². The van der Waals surface area contributed by atoms with Gasteiger partial charge in [0, 0.05) is 16.8 Å². The third-order valence-electron chi connectivity index (χ3n) is 22.4. The molecule has 0 bridgehead atoms. The number of unbranched alkanes of at least 4 members (excludes halogenated alkanes) is 1. The van der Waals surface area contributed by atoms with Gasteiger partial charge in [0.2, 0.25) is 0 Å². The highest BCUT2D eigenvalue weighted by atomic mass is 15.2. The van der Waals surface area contributed by atoms with Crippen molar-refractivity contribution in [1.82, 2.24) is 17.9 Å². The van der Waals surface area contributed by atoms with Gasteiger partial charge in [-0.1, -0.05) is 215 Å². The summed E-state index contributed by atoms with van der Waals surface area (Å²) in [5.41, 5.74) is 37.0. The molecule has 16 aromatic rings. The van der Waals surface area contributed by atoms with E-state index in [1.165, 1.54) is 207 Å². The standard InChI is InChI=1S/C82H58B2N4/c1-4-6-19-47(5-2)46-82(3)62-42-50(52-40-60-56-26-15-20-48-22-17-28-64(74(48)56)83-76(60)72(44-52)87-70-34-13-11-32-68(70)85-66-30-9-7-24-58(66)78(83)80(85)87)36-38-54(62)55-39-37-51(43-63(55)82)53-41-61-57-27-16-21-49-23-18-29-65(75(49)57)84-77(61)73(45-53)88-71-35-14-12-33-69(71)86-67-31-10-8-25-59(67)79(84)81(86)88/h7-18,20-45,47H,4-6,19,46H2,1-3H3. The maximum atomic E-state index is 2.64. The Morgan fingerprint density at radius 3 is 1.30 bits per heavy atom. The molecule has 1 atom stereocenters. The van der Waals surface area contributed by atoms with Crippen LogP contribution in [0.2, 0.25) is 0 Å². The lowest BCUT2D eigenvalue weighted by atomic mass is 9.32. The summed E-state index contributed by atoms with van der Waals surface area (Å²) in [4.78, 5) is 0. The largest absolute Gasteiger partial charge is 0.295 e. The topological polar surface area (TPSA) is 18.7 Å². The molecule has 21 rings (SSSR count). The molecule has 8 heterocycles. The molecule has 0 N–H and O–H groups in total. The second kappa shape index (κ2) is 16.9. The SMILES string of the molecule is CCCCC(CC)CC1(C)c2cc(-c3cc4c5c(c3)-n3c6ccccc6n6c7ccccc7c(c36)B5c3cccc5cccc-4c35)ccc2-c2ccc(-c3cc4c5c(c3)-n3c6ccccc6n6c7ccccc7c(c36)B5c3cccc5cccc-4c35)cc21. The second-order valence-electron chi connectivity index (χ2n) is 26.6. The van der Waals surface area contributed by atoms with Gasteiger partial charge in [-0.3, -0.25) is 17.9 Å². The Morgan fingerprint density at radius 1 is 0.386 bits per heavy atom. The smallest absolute Gasteiger partial charge is 0.251 e. The number of rotatable bonds is 8. The molecular weight excluding hydrogens is 1060 g/mol. The lowest BCUT2D eigenvalue weighted by molar-refractivity contribution is 0.348. The van der Waals surface area contributed by atoms with Gasteiger partial charge in [0.25, 0.3) is 13.4 Å². The van der Waals surface area contributed by atoms with Crippen molar-refractivity contribution in [3.8, 4) is 67.0 Å². The normalized spacial score (nSPS) is 14.5. The molecule has 6 heteroatoms. The van der Waals surface area contributed by atoms with Crippen LogP contribution in [0.3, 0.4) is 0 Å². The van der Waals surface area contributed by atoms with E-state index >= 15 is 0 Å².